The summed E-state index contributed by atoms with van der Waals surface area (Å²) in [5, 5.41) is 0. The molecular formula is C13H28N2O2. The molecule has 1 atom stereocenters. The van der Waals surface area contributed by atoms with Crippen LogP contribution in [0.25, 0.3) is 0 Å². The predicted octanol–water partition coefficient (Wildman–Crippen LogP) is 1.84. The van der Waals surface area contributed by atoms with Crippen molar-refractivity contribution in [3.8, 4) is 0 Å². The summed E-state index contributed by atoms with van der Waals surface area (Å²) >= 11 is 0. The van der Waals surface area contributed by atoms with Crippen LogP contribution in [-0.4, -0.2) is 33.0 Å². The Morgan fingerprint density at radius 1 is 1.12 bits per heavy atom. The zero-order chi connectivity index (χ0) is 12.3. The fourth-order valence-corrected chi connectivity index (χ4v) is 2.62. The van der Waals surface area contributed by atoms with Crippen LogP contribution >= 0.6 is 0 Å². The molecule has 0 aromatic heterocycles. The number of hydrazine groups is 1. The number of ether oxygens (including phenoxy) is 2. The van der Waals surface area contributed by atoms with E-state index in [-0.39, 0.29) is 0 Å². The van der Waals surface area contributed by atoms with Gasteiger partial charge in [-0.05, 0) is 25.2 Å². The summed E-state index contributed by atoms with van der Waals surface area (Å²) in [6.07, 6.45) is 9.11. The van der Waals surface area contributed by atoms with Crippen molar-refractivity contribution in [1.29, 1.82) is 0 Å². The molecule has 1 fully saturated rings. The fraction of sp³-hybridized carbons (Fsp3) is 1.00. The van der Waals surface area contributed by atoms with Crippen LogP contribution in [0.15, 0.2) is 0 Å². The van der Waals surface area contributed by atoms with E-state index in [1.54, 1.807) is 7.11 Å². The molecule has 1 rings (SSSR count). The van der Waals surface area contributed by atoms with Crippen molar-refractivity contribution in [2.24, 2.45) is 11.8 Å². The molecule has 3 N–H and O–H groups in total. The molecule has 1 aliphatic carbocycles. The lowest BCUT2D eigenvalue weighted by molar-refractivity contribution is 0.0622. The number of hydrogen-bond donors (Lipinski definition) is 2. The van der Waals surface area contributed by atoms with E-state index in [9.17, 15) is 0 Å². The first kappa shape index (κ1) is 14.9. The molecule has 1 aliphatic rings. The van der Waals surface area contributed by atoms with E-state index in [2.05, 4.69) is 5.43 Å². The Morgan fingerprint density at radius 2 is 1.82 bits per heavy atom. The monoisotopic (exact) mass is 244 g/mol. The Balaban J connectivity index is 2.16. The molecule has 4 heteroatoms. The zero-order valence-corrected chi connectivity index (χ0v) is 11.1. The molecule has 0 spiro atoms. The molecule has 4 nitrogen and oxygen atoms in total. The molecule has 102 valence electrons. The fourth-order valence-electron chi connectivity index (χ4n) is 2.62. The van der Waals surface area contributed by atoms with E-state index in [0.717, 1.165) is 18.9 Å². The summed E-state index contributed by atoms with van der Waals surface area (Å²) in [7, 11) is 1.69. The van der Waals surface area contributed by atoms with Crippen molar-refractivity contribution in [2.45, 2.75) is 51.0 Å². The lowest BCUT2D eigenvalue weighted by Crippen LogP contribution is -2.41. The van der Waals surface area contributed by atoms with E-state index in [0.29, 0.717) is 19.3 Å². The topological polar surface area (TPSA) is 56.5 Å². The minimum Gasteiger partial charge on any atom is -0.382 e. The lowest BCUT2D eigenvalue weighted by Gasteiger charge is -2.25. The van der Waals surface area contributed by atoms with Gasteiger partial charge in [-0.3, -0.25) is 11.3 Å². The normalized spacial score (nSPS) is 20.1. The summed E-state index contributed by atoms with van der Waals surface area (Å²) in [5.74, 6) is 6.40. The van der Waals surface area contributed by atoms with Gasteiger partial charge in [0.25, 0.3) is 0 Å². The van der Waals surface area contributed by atoms with Crippen LogP contribution in [0.1, 0.15) is 44.9 Å². The quantitative estimate of drug-likeness (QED) is 0.296. The van der Waals surface area contributed by atoms with Gasteiger partial charge in [0.15, 0.2) is 0 Å². The maximum Gasteiger partial charge on any atom is 0.0700 e. The molecule has 0 amide bonds. The second-order valence-electron chi connectivity index (χ2n) is 4.92. The highest BCUT2D eigenvalue weighted by Gasteiger charge is 2.21. The zero-order valence-electron chi connectivity index (χ0n) is 11.1. The minimum absolute atomic E-state index is 0.413. The molecule has 0 aromatic rings. The lowest BCUT2D eigenvalue weighted by atomic mass is 9.90. The highest BCUT2D eigenvalue weighted by atomic mass is 16.5. The molecule has 0 aromatic carbocycles. The highest BCUT2D eigenvalue weighted by Crippen LogP contribution is 2.26. The number of nitrogens with two attached hydrogens (primary N) is 1. The second-order valence-corrected chi connectivity index (χ2v) is 4.92. The predicted molar refractivity (Wildman–Crippen MR) is 69.6 cm³/mol. The third kappa shape index (κ3) is 6.36. The van der Waals surface area contributed by atoms with Crippen molar-refractivity contribution in [3.05, 3.63) is 0 Å². The summed E-state index contributed by atoms with van der Waals surface area (Å²) in [6.45, 7) is 2.12. The third-order valence-electron chi connectivity index (χ3n) is 3.69. The first-order valence-electron chi connectivity index (χ1n) is 6.91. The highest BCUT2D eigenvalue weighted by molar-refractivity contribution is 4.76. The Bertz CT molecular complexity index is 171. The largest absolute Gasteiger partial charge is 0.382 e. The number of rotatable bonds is 8. The van der Waals surface area contributed by atoms with Gasteiger partial charge in [0, 0.05) is 19.8 Å². The first-order valence-corrected chi connectivity index (χ1v) is 6.91. The Kier molecular flexibility index (Phi) is 8.61. The van der Waals surface area contributed by atoms with Crippen LogP contribution < -0.4 is 11.3 Å². The summed E-state index contributed by atoms with van der Waals surface area (Å²) in [6, 6.07) is 0.413. The van der Waals surface area contributed by atoms with Crippen LogP contribution in [0.5, 0.6) is 0 Å². The summed E-state index contributed by atoms with van der Waals surface area (Å²) < 4.78 is 10.5. The standard InChI is InChI=1S/C13H28N2O2/c1-16-10-11-17-9-8-13(15-14)12-6-4-2-3-5-7-12/h12-13,15H,2-11,14H2,1H3. The average Bonchev–Trinajstić information content (AvgIpc) is 2.63. The van der Waals surface area contributed by atoms with Crippen molar-refractivity contribution >= 4 is 0 Å². The van der Waals surface area contributed by atoms with Gasteiger partial charge in [0.2, 0.25) is 0 Å². The van der Waals surface area contributed by atoms with E-state index in [4.69, 9.17) is 15.3 Å². The molecule has 0 aliphatic heterocycles. The minimum atomic E-state index is 0.413. The molecule has 0 radical (unpaired) electrons. The Hall–Kier alpha value is -0.160. The third-order valence-corrected chi connectivity index (χ3v) is 3.69. The number of methoxy groups -OCH3 is 1. The van der Waals surface area contributed by atoms with Gasteiger partial charge in [-0.15, -0.1) is 0 Å². The maximum atomic E-state index is 5.67. The van der Waals surface area contributed by atoms with Crippen molar-refractivity contribution in [3.63, 3.8) is 0 Å². The first-order chi connectivity index (χ1) is 8.38. The molecule has 1 unspecified atom stereocenters. The van der Waals surface area contributed by atoms with Gasteiger partial charge in [0.05, 0.1) is 13.2 Å². The van der Waals surface area contributed by atoms with E-state index in [1.807, 2.05) is 0 Å². The van der Waals surface area contributed by atoms with E-state index >= 15 is 0 Å². The molecule has 1 saturated carbocycles. The van der Waals surface area contributed by atoms with Crippen LogP contribution in [0, 0.1) is 5.92 Å². The molecule has 0 saturated heterocycles. The second kappa shape index (κ2) is 9.83. The smallest absolute Gasteiger partial charge is 0.0700 e. The van der Waals surface area contributed by atoms with E-state index < -0.39 is 0 Å². The van der Waals surface area contributed by atoms with Gasteiger partial charge in [-0.2, -0.15) is 0 Å². The van der Waals surface area contributed by atoms with Crippen molar-refractivity contribution < 1.29 is 9.47 Å². The van der Waals surface area contributed by atoms with Crippen molar-refractivity contribution in [1.82, 2.24) is 5.43 Å². The van der Waals surface area contributed by atoms with Gasteiger partial charge in [-0.1, -0.05) is 25.7 Å². The van der Waals surface area contributed by atoms with Gasteiger partial charge in [0.1, 0.15) is 0 Å². The Labute approximate surface area is 105 Å². The van der Waals surface area contributed by atoms with Gasteiger partial charge in [-0.25, -0.2) is 0 Å². The molecular weight excluding hydrogens is 216 g/mol. The molecule has 0 heterocycles. The molecule has 0 bridgehead atoms. The van der Waals surface area contributed by atoms with Crippen LogP contribution in [0.4, 0.5) is 0 Å². The van der Waals surface area contributed by atoms with E-state index in [1.165, 1.54) is 38.5 Å². The average molecular weight is 244 g/mol. The van der Waals surface area contributed by atoms with Gasteiger partial charge >= 0.3 is 0 Å². The van der Waals surface area contributed by atoms with Crippen LogP contribution in [0.3, 0.4) is 0 Å². The van der Waals surface area contributed by atoms with Crippen molar-refractivity contribution in [2.75, 3.05) is 26.9 Å². The summed E-state index contributed by atoms with van der Waals surface area (Å²) in [5.41, 5.74) is 2.98. The number of nitrogens with one attached hydrogen (secondary N) is 1. The maximum absolute atomic E-state index is 5.67. The van der Waals surface area contributed by atoms with Crippen LogP contribution in [-0.2, 0) is 9.47 Å². The summed E-state index contributed by atoms with van der Waals surface area (Å²) in [4.78, 5) is 0. The van der Waals surface area contributed by atoms with Gasteiger partial charge < -0.3 is 9.47 Å². The SMILES string of the molecule is COCCOCCC(NN)C1CCCCCC1. The van der Waals surface area contributed by atoms with Crippen LogP contribution in [0.2, 0.25) is 0 Å². The number of hydrogen-bond acceptors (Lipinski definition) is 4. The molecule has 17 heavy (non-hydrogen) atoms. The Morgan fingerprint density at radius 3 is 2.41 bits per heavy atom.